The molecular formula is C18H29N3O3. The molecule has 6 nitrogen and oxygen atoms in total. The molecule has 2 atom stereocenters. The number of carbonyl (C=O) groups excluding carboxylic acids is 2. The van der Waals surface area contributed by atoms with Crippen LogP contribution in [0.3, 0.4) is 0 Å². The number of nitrogens with zero attached hydrogens (tertiary/aromatic N) is 1. The van der Waals surface area contributed by atoms with Crippen LogP contribution < -0.4 is 5.32 Å². The third kappa shape index (κ3) is 4.76. The minimum atomic E-state index is -0.510. The quantitative estimate of drug-likeness (QED) is 0.891. The molecule has 0 spiro atoms. The van der Waals surface area contributed by atoms with Crippen molar-refractivity contribution < 1.29 is 14.3 Å². The topological polar surface area (TPSA) is 74.4 Å². The van der Waals surface area contributed by atoms with Gasteiger partial charge in [-0.3, -0.25) is 4.79 Å². The number of alkyl carbamates (subject to hydrolysis) is 1. The first-order chi connectivity index (χ1) is 11.2. The molecule has 1 aromatic rings. The van der Waals surface area contributed by atoms with E-state index in [-0.39, 0.29) is 17.9 Å². The van der Waals surface area contributed by atoms with Crippen molar-refractivity contribution >= 4 is 12.0 Å². The van der Waals surface area contributed by atoms with Gasteiger partial charge in [-0.15, -0.1) is 0 Å². The summed E-state index contributed by atoms with van der Waals surface area (Å²) < 4.78 is 5.31. The molecule has 2 unspecified atom stereocenters. The molecule has 0 bridgehead atoms. The molecule has 134 valence electrons. The number of carbonyl (C=O) groups is 2. The number of piperidine rings is 1. The largest absolute Gasteiger partial charge is 0.444 e. The Kier molecular flexibility index (Phi) is 5.57. The van der Waals surface area contributed by atoms with Gasteiger partial charge in [-0.05, 0) is 59.4 Å². The van der Waals surface area contributed by atoms with Crippen LogP contribution in [0.25, 0.3) is 0 Å². The summed E-state index contributed by atoms with van der Waals surface area (Å²) in [5.41, 5.74) is 1.11. The van der Waals surface area contributed by atoms with Crippen LogP contribution in [0.5, 0.6) is 0 Å². The number of aromatic amines is 1. The van der Waals surface area contributed by atoms with Gasteiger partial charge in [0.05, 0.1) is 5.56 Å². The van der Waals surface area contributed by atoms with Crippen LogP contribution in [0.1, 0.15) is 56.6 Å². The summed E-state index contributed by atoms with van der Waals surface area (Å²) in [7, 11) is 0. The predicted octanol–water partition coefficient (Wildman–Crippen LogP) is 3.09. The number of hydrogen-bond acceptors (Lipinski definition) is 3. The highest BCUT2D eigenvalue weighted by atomic mass is 16.6. The van der Waals surface area contributed by atoms with Gasteiger partial charge in [-0.25, -0.2) is 4.79 Å². The smallest absolute Gasteiger partial charge is 0.407 e. The number of H-pyrrole nitrogens is 1. The summed E-state index contributed by atoms with van der Waals surface area (Å²) in [4.78, 5) is 29.5. The number of aromatic nitrogens is 1. The van der Waals surface area contributed by atoms with E-state index in [1.807, 2.05) is 45.6 Å². The molecular weight excluding hydrogens is 306 g/mol. The number of aryl methyl sites for hydroxylation is 1. The molecule has 2 rings (SSSR count). The summed E-state index contributed by atoms with van der Waals surface area (Å²) in [6, 6.07) is 1.78. The van der Waals surface area contributed by atoms with Crippen LogP contribution in [0.15, 0.2) is 12.3 Å². The fourth-order valence-corrected chi connectivity index (χ4v) is 3.07. The SMILES string of the molecule is Cc1[nH]ccc1C(=O)N1CCCC(C(C)NC(=O)OC(C)(C)C)C1. The zero-order valence-corrected chi connectivity index (χ0v) is 15.3. The first-order valence-corrected chi connectivity index (χ1v) is 8.60. The maximum Gasteiger partial charge on any atom is 0.407 e. The standard InChI is InChI=1S/C18H29N3O3/c1-12(20-17(23)24-18(3,4)5)14-7-6-10-21(11-14)16(22)15-8-9-19-13(15)2/h8-9,12,14,19H,6-7,10-11H2,1-5H3,(H,20,23). The molecule has 1 aliphatic heterocycles. The number of likely N-dealkylation sites (tertiary alicyclic amines) is 1. The van der Waals surface area contributed by atoms with Gasteiger partial charge in [0.25, 0.3) is 5.91 Å². The fourth-order valence-electron chi connectivity index (χ4n) is 3.07. The summed E-state index contributed by atoms with van der Waals surface area (Å²) in [5.74, 6) is 0.289. The average molecular weight is 335 g/mol. The molecule has 2 amide bonds. The maximum atomic E-state index is 12.7. The van der Waals surface area contributed by atoms with Crippen LogP contribution >= 0.6 is 0 Å². The van der Waals surface area contributed by atoms with E-state index < -0.39 is 11.7 Å². The molecule has 2 heterocycles. The third-order valence-corrected chi connectivity index (χ3v) is 4.38. The van der Waals surface area contributed by atoms with Gasteiger partial charge in [0, 0.05) is 31.0 Å². The second kappa shape index (κ2) is 7.28. The lowest BCUT2D eigenvalue weighted by Gasteiger charge is -2.36. The molecule has 0 radical (unpaired) electrons. The van der Waals surface area contributed by atoms with Crippen LogP contribution in [0, 0.1) is 12.8 Å². The summed E-state index contributed by atoms with van der Waals surface area (Å²) in [6.45, 7) is 10.8. The molecule has 1 fully saturated rings. The van der Waals surface area contributed by atoms with Gasteiger partial charge in [-0.1, -0.05) is 0 Å². The Labute approximate surface area is 143 Å². The molecule has 1 aliphatic rings. The minimum absolute atomic E-state index is 0.0391. The fraction of sp³-hybridized carbons (Fsp3) is 0.667. The van der Waals surface area contributed by atoms with Crippen molar-refractivity contribution in [2.45, 2.75) is 59.1 Å². The molecule has 1 saturated heterocycles. The van der Waals surface area contributed by atoms with Gasteiger partial charge >= 0.3 is 6.09 Å². The van der Waals surface area contributed by atoms with Gasteiger partial charge in [0.1, 0.15) is 5.60 Å². The van der Waals surface area contributed by atoms with E-state index in [9.17, 15) is 9.59 Å². The first kappa shape index (κ1) is 18.4. The van der Waals surface area contributed by atoms with E-state index in [2.05, 4.69) is 10.3 Å². The maximum absolute atomic E-state index is 12.7. The number of nitrogens with one attached hydrogen (secondary N) is 2. The summed E-state index contributed by atoms with van der Waals surface area (Å²) in [5, 5.41) is 2.91. The lowest BCUT2D eigenvalue weighted by molar-refractivity contribution is 0.0460. The lowest BCUT2D eigenvalue weighted by Crippen LogP contribution is -2.48. The van der Waals surface area contributed by atoms with Crippen molar-refractivity contribution in [1.82, 2.24) is 15.2 Å². The van der Waals surface area contributed by atoms with E-state index in [1.54, 1.807) is 6.20 Å². The Morgan fingerprint density at radius 2 is 2.12 bits per heavy atom. The van der Waals surface area contributed by atoms with Crippen molar-refractivity contribution in [2.75, 3.05) is 13.1 Å². The van der Waals surface area contributed by atoms with Gasteiger partial charge < -0.3 is 19.9 Å². The Morgan fingerprint density at radius 1 is 1.42 bits per heavy atom. The highest BCUT2D eigenvalue weighted by Crippen LogP contribution is 2.22. The molecule has 6 heteroatoms. The number of rotatable bonds is 3. The Morgan fingerprint density at radius 3 is 2.71 bits per heavy atom. The van der Waals surface area contributed by atoms with Gasteiger partial charge in [0.15, 0.2) is 0 Å². The Balaban J connectivity index is 1.94. The molecule has 0 saturated carbocycles. The summed E-state index contributed by atoms with van der Waals surface area (Å²) in [6.07, 6.45) is 3.32. The Hall–Kier alpha value is -1.98. The van der Waals surface area contributed by atoms with Crippen molar-refractivity contribution in [1.29, 1.82) is 0 Å². The number of amides is 2. The highest BCUT2D eigenvalue weighted by molar-refractivity contribution is 5.95. The van der Waals surface area contributed by atoms with E-state index in [0.717, 1.165) is 30.6 Å². The van der Waals surface area contributed by atoms with E-state index in [0.29, 0.717) is 6.54 Å². The Bertz CT molecular complexity index is 589. The van der Waals surface area contributed by atoms with Gasteiger partial charge in [0.2, 0.25) is 0 Å². The molecule has 0 aliphatic carbocycles. The van der Waals surface area contributed by atoms with Crippen molar-refractivity contribution in [3.05, 3.63) is 23.5 Å². The number of ether oxygens (including phenoxy) is 1. The first-order valence-electron chi connectivity index (χ1n) is 8.60. The van der Waals surface area contributed by atoms with Crippen molar-refractivity contribution in [3.63, 3.8) is 0 Å². The van der Waals surface area contributed by atoms with E-state index in [1.165, 1.54) is 0 Å². The van der Waals surface area contributed by atoms with E-state index >= 15 is 0 Å². The van der Waals surface area contributed by atoms with Crippen LogP contribution in [0.2, 0.25) is 0 Å². The van der Waals surface area contributed by atoms with E-state index in [4.69, 9.17) is 4.74 Å². The zero-order valence-electron chi connectivity index (χ0n) is 15.3. The van der Waals surface area contributed by atoms with Gasteiger partial charge in [-0.2, -0.15) is 0 Å². The second-order valence-corrected chi connectivity index (χ2v) is 7.60. The average Bonchev–Trinajstić information content (AvgIpc) is 2.90. The molecule has 24 heavy (non-hydrogen) atoms. The number of hydrogen-bond donors (Lipinski definition) is 2. The van der Waals surface area contributed by atoms with Crippen LogP contribution in [0.4, 0.5) is 4.79 Å². The zero-order chi connectivity index (χ0) is 17.9. The van der Waals surface area contributed by atoms with Crippen molar-refractivity contribution in [2.24, 2.45) is 5.92 Å². The van der Waals surface area contributed by atoms with Crippen molar-refractivity contribution in [3.8, 4) is 0 Å². The van der Waals surface area contributed by atoms with Crippen LogP contribution in [-0.4, -0.2) is 46.6 Å². The second-order valence-electron chi connectivity index (χ2n) is 7.60. The summed E-state index contributed by atoms with van der Waals surface area (Å²) >= 11 is 0. The molecule has 2 N–H and O–H groups in total. The normalized spacial score (nSPS) is 19.7. The third-order valence-electron chi connectivity index (χ3n) is 4.38. The minimum Gasteiger partial charge on any atom is -0.444 e. The molecule has 0 aromatic carbocycles. The lowest BCUT2D eigenvalue weighted by atomic mass is 9.91. The predicted molar refractivity (Wildman–Crippen MR) is 93.0 cm³/mol. The van der Waals surface area contributed by atoms with Crippen LogP contribution in [-0.2, 0) is 4.74 Å². The monoisotopic (exact) mass is 335 g/mol. The highest BCUT2D eigenvalue weighted by Gasteiger charge is 2.30. The molecule has 1 aromatic heterocycles.